The highest BCUT2D eigenvalue weighted by Crippen LogP contribution is 2.30. The molecule has 0 bridgehead atoms. The molecule has 0 saturated carbocycles. The minimum Gasteiger partial charge on any atom is -0.360 e. The molecule has 2 aromatic heterocycles. The summed E-state index contributed by atoms with van der Waals surface area (Å²) in [5.41, 5.74) is -0.870. The number of carbonyl (C=O) groups excluding carboxylic acids is 1. The fourth-order valence-corrected chi connectivity index (χ4v) is 2.64. The van der Waals surface area contributed by atoms with E-state index in [0.717, 1.165) is 6.20 Å². The Hall–Kier alpha value is -2.52. The van der Waals surface area contributed by atoms with Gasteiger partial charge in [0.1, 0.15) is 11.6 Å². The molecule has 10 heteroatoms. The van der Waals surface area contributed by atoms with Gasteiger partial charge in [0.15, 0.2) is 11.5 Å². The number of fused-ring (bicyclic) bond motifs is 1. The third-order valence-electron chi connectivity index (χ3n) is 3.80. The third-order valence-corrected chi connectivity index (χ3v) is 3.80. The van der Waals surface area contributed by atoms with Crippen molar-refractivity contribution in [2.24, 2.45) is 5.92 Å². The zero-order valence-electron chi connectivity index (χ0n) is 12.9. The molecule has 0 radical (unpaired) electrons. The molecule has 3 rings (SSSR count). The van der Waals surface area contributed by atoms with E-state index in [1.165, 1.54) is 4.57 Å². The van der Waals surface area contributed by atoms with Crippen LogP contribution in [0.1, 0.15) is 23.7 Å². The van der Waals surface area contributed by atoms with Gasteiger partial charge in [0.2, 0.25) is 0 Å². The molecule has 24 heavy (non-hydrogen) atoms. The van der Waals surface area contributed by atoms with E-state index in [4.69, 9.17) is 4.52 Å². The second-order valence-corrected chi connectivity index (χ2v) is 5.76. The first-order chi connectivity index (χ1) is 11.3. The molecule has 7 nitrogen and oxygen atoms in total. The van der Waals surface area contributed by atoms with Crippen LogP contribution in [-0.4, -0.2) is 27.3 Å². The molecular formula is C14H16F3N5O2. The van der Waals surface area contributed by atoms with Crippen molar-refractivity contribution in [1.82, 2.24) is 20.0 Å². The number of anilines is 1. The molecule has 0 aliphatic carbocycles. The first-order valence-electron chi connectivity index (χ1n) is 7.42. The molecule has 0 saturated heterocycles. The Bertz CT molecular complexity index is 737. The first-order valence-corrected chi connectivity index (χ1v) is 7.42. The van der Waals surface area contributed by atoms with Crippen LogP contribution in [-0.2, 0) is 19.1 Å². The number of imidazole rings is 1. The van der Waals surface area contributed by atoms with Gasteiger partial charge in [-0.3, -0.25) is 5.32 Å². The number of nitrogens with zero attached hydrogens (tertiary/aromatic N) is 3. The summed E-state index contributed by atoms with van der Waals surface area (Å²) in [6.07, 6.45) is -2.29. The molecule has 0 fully saturated rings. The lowest BCUT2D eigenvalue weighted by Gasteiger charge is -2.23. The van der Waals surface area contributed by atoms with Crippen molar-refractivity contribution in [2.45, 2.75) is 32.5 Å². The summed E-state index contributed by atoms with van der Waals surface area (Å²) in [5, 5.41) is 8.85. The number of aryl methyl sites for hydroxylation is 2. The predicted molar refractivity (Wildman–Crippen MR) is 77.3 cm³/mol. The van der Waals surface area contributed by atoms with Gasteiger partial charge in [-0.25, -0.2) is 9.78 Å². The standard InChI is InChI=1S/C14H16F3N5O2/c1-8-4-11(21-24-8)20-13(23)18-5-9-2-3-12-19-10(14(15,16)17)7-22(12)6-9/h4,7,9H,2-3,5-6H2,1H3,(H2,18,20,21,23)/t9-/m0/s1. The predicted octanol–water partition coefficient (Wildman–Crippen LogP) is 2.58. The van der Waals surface area contributed by atoms with Crippen LogP contribution < -0.4 is 10.6 Å². The van der Waals surface area contributed by atoms with Gasteiger partial charge in [0, 0.05) is 31.8 Å². The molecule has 1 aliphatic rings. The number of hydrogen-bond donors (Lipinski definition) is 2. The Kier molecular flexibility index (Phi) is 4.20. The van der Waals surface area contributed by atoms with Gasteiger partial charge >= 0.3 is 12.2 Å². The van der Waals surface area contributed by atoms with E-state index >= 15 is 0 Å². The molecular weight excluding hydrogens is 327 g/mol. The van der Waals surface area contributed by atoms with Gasteiger partial charge in [0.05, 0.1) is 0 Å². The largest absolute Gasteiger partial charge is 0.434 e. The van der Waals surface area contributed by atoms with Gasteiger partial charge in [-0.05, 0) is 19.3 Å². The van der Waals surface area contributed by atoms with Gasteiger partial charge in [-0.2, -0.15) is 13.2 Å². The molecule has 1 atom stereocenters. The van der Waals surface area contributed by atoms with Crippen LogP contribution in [0, 0.1) is 12.8 Å². The van der Waals surface area contributed by atoms with Crippen molar-refractivity contribution in [3.8, 4) is 0 Å². The SMILES string of the molecule is Cc1cc(NC(=O)NC[C@@H]2CCc3nc(C(F)(F)F)cn3C2)no1. The number of halogens is 3. The molecule has 130 valence electrons. The van der Waals surface area contributed by atoms with Crippen LogP contribution in [0.4, 0.5) is 23.8 Å². The molecule has 2 N–H and O–H groups in total. The molecule has 2 amide bonds. The van der Waals surface area contributed by atoms with E-state index in [1.54, 1.807) is 13.0 Å². The second-order valence-electron chi connectivity index (χ2n) is 5.76. The normalized spacial score (nSPS) is 17.4. The Morgan fingerprint density at radius 2 is 2.29 bits per heavy atom. The van der Waals surface area contributed by atoms with Gasteiger partial charge < -0.3 is 14.4 Å². The molecule has 2 aromatic rings. The highest BCUT2D eigenvalue weighted by atomic mass is 19.4. The van der Waals surface area contributed by atoms with E-state index in [-0.39, 0.29) is 5.92 Å². The Balaban J connectivity index is 1.52. The van der Waals surface area contributed by atoms with Crippen molar-refractivity contribution in [2.75, 3.05) is 11.9 Å². The van der Waals surface area contributed by atoms with E-state index in [9.17, 15) is 18.0 Å². The zero-order chi connectivity index (χ0) is 17.3. The highest BCUT2D eigenvalue weighted by molar-refractivity contribution is 5.88. The maximum absolute atomic E-state index is 12.7. The molecule has 0 spiro atoms. The lowest BCUT2D eigenvalue weighted by molar-refractivity contribution is -0.141. The zero-order valence-corrected chi connectivity index (χ0v) is 12.9. The number of alkyl halides is 3. The van der Waals surface area contributed by atoms with Gasteiger partial charge in [-0.1, -0.05) is 5.16 Å². The summed E-state index contributed by atoms with van der Waals surface area (Å²) in [5.74, 6) is 1.35. The molecule has 1 aliphatic heterocycles. The van der Waals surface area contributed by atoms with Crippen molar-refractivity contribution >= 4 is 11.8 Å². The van der Waals surface area contributed by atoms with Crippen molar-refractivity contribution in [3.63, 3.8) is 0 Å². The number of rotatable bonds is 3. The fourth-order valence-electron chi connectivity index (χ4n) is 2.64. The molecule has 0 aromatic carbocycles. The van der Waals surface area contributed by atoms with Crippen molar-refractivity contribution in [1.29, 1.82) is 0 Å². The number of nitrogens with one attached hydrogen (secondary N) is 2. The fraction of sp³-hybridized carbons (Fsp3) is 0.500. The first kappa shape index (κ1) is 16.3. The molecule has 3 heterocycles. The van der Waals surface area contributed by atoms with E-state index in [1.807, 2.05) is 0 Å². The monoisotopic (exact) mass is 343 g/mol. The second kappa shape index (κ2) is 6.17. The Morgan fingerprint density at radius 3 is 2.96 bits per heavy atom. The molecule has 0 unspecified atom stereocenters. The van der Waals surface area contributed by atoms with Crippen molar-refractivity contribution in [3.05, 3.63) is 29.5 Å². The Labute approximate surface area is 135 Å². The maximum atomic E-state index is 12.7. The Morgan fingerprint density at radius 1 is 1.50 bits per heavy atom. The van der Waals surface area contributed by atoms with E-state index in [0.29, 0.717) is 43.3 Å². The minimum absolute atomic E-state index is 0.0394. The van der Waals surface area contributed by atoms with Crippen LogP contribution in [0.25, 0.3) is 0 Å². The van der Waals surface area contributed by atoms with Gasteiger partial charge in [0.25, 0.3) is 0 Å². The lowest BCUT2D eigenvalue weighted by atomic mass is 9.99. The van der Waals surface area contributed by atoms with Crippen molar-refractivity contribution < 1.29 is 22.5 Å². The summed E-state index contributed by atoms with van der Waals surface area (Å²) in [6.45, 7) is 2.44. The smallest absolute Gasteiger partial charge is 0.360 e. The number of amides is 2. The van der Waals surface area contributed by atoms with Crippen LogP contribution in [0.15, 0.2) is 16.8 Å². The quantitative estimate of drug-likeness (QED) is 0.897. The average molecular weight is 343 g/mol. The minimum atomic E-state index is -4.44. The third kappa shape index (κ3) is 3.69. The number of carbonyl (C=O) groups is 1. The van der Waals surface area contributed by atoms with Crippen LogP contribution in [0.3, 0.4) is 0 Å². The van der Waals surface area contributed by atoms with Gasteiger partial charge in [-0.15, -0.1) is 0 Å². The summed E-state index contributed by atoms with van der Waals surface area (Å²) in [4.78, 5) is 15.4. The number of aromatic nitrogens is 3. The summed E-state index contributed by atoms with van der Waals surface area (Å²) >= 11 is 0. The topological polar surface area (TPSA) is 85.0 Å². The number of urea groups is 1. The van der Waals surface area contributed by atoms with Crippen LogP contribution >= 0.6 is 0 Å². The van der Waals surface area contributed by atoms with Crippen LogP contribution in [0.5, 0.6) is 0 Å². The van der Waals surface area contributed by atoms with Crippen LogP contribution in [0.2, 0.25) is 0 Å². The lowest BCUT2D eigenvalue weighted by Crippen LogP contribution is -2.36. The summed E-state index contributed by atoms with van der Waals surface area (Å²) in [7, 11) is 0. The summed E-state index contributed by atoms with van der Waals surface area (Å²) in [6, 6.07) is 1.15. The van der Waals surface area contributed by atoms with E-state index < -0.39 is 17.9 Å². The number of hydrogen-bond acceptors (Lipinski definition) is 4. The van der Waals surface area contributed by atoms with E-state index in [2.05, 4.69) is 20.8 Å². The summed E-state index contributed by atoms with van der Waals surface area (Å²) < 4.78 is 44.4. The maximum Gasteiger partial charge on any atom is 0.434 e. The average Bonchev–Trinajstić information content (AvgIpc) is 3.10. The highest BCUT2D eigenvalue weighted by Gasteiger charge is 2.35.